The molecule has 0 aliphatic heterocycles. The lowest BCUT2D eigenvalue weighted by Crippen LogP contribution is -2.04. The van der Waals surface area contributed by atoms with Crippen LogP contribution in [0.5, 0.6) is 0 Å². The van der Waals surface area contributed by atoms with Crippen LogP contribution < -0.4 is 5.32 Å². The van der Waals surface area contributed by atoms with Crippen molar-refractivity contribution in [3.05, 3.63) is 29.8 Å². The average molecular weight is 258 g/mol. The molecule has 0 aliphatic carbocycles. The van der Waals surface area contributed by atoms with Crippen LogP contribution >= 0.6 is 23.4 Å². The molecule has 0 bridgehead atoms. The van der Waals surface area contributed by atoms with Gasteiger partial charge in [0.15, 0.2) is 0 Å². The van der Waals surface area contributed by atoms with E-state index in [2.05, 4.69) is 36.5 Å². The third-order valence-corrected chi connectivity index (χ3v) is 3.47. The number of benzene rings is 1. The zero-order valence-electron chi connectivity index (χ0n) is 9.84. The minimum Gasteiger partial charge on any atom is -0.384 e. The van der Waals surface area contributed by atoms with Crippen LogP contribution in [0, 0.1) is 0 Å². The van der Waals surface area contributed by atoms with Crippen LogP contribution in [0.1, 0.15) is 18.9 Å². The zero-order valence-corrected chi connectivity index (χ0v) is 11.4. The molecule has 16 heavy (non-hydrogen) atoms. The van der Waals surface area contributed by atoms with Crippen LogP contribution in [-0.4, -0.2) is 23.9 Å². The van der Waals surface area contributed by atoms with Crippen molar-refractivity contribution in [2.75, 3.05) is 29.2 Å². The van der Waals surface area contributed by atoms with Gasteiger partial charge in [-0.2, -0.15) is 11.8 Å². The van der Waals surface area contributed by atoms with Gasteiger partial charge in [0.05, 0.1) is 0 Å². The van der Waals surface area contributed by atoms with Gasteiger partial charge in [-0.3, -0.25) is 0 Å². The van der Waals surface area contributed by atoms with Gasteiger partial charge in [-0.25, -0.2) is 0 Å². The molecule has 0 aliphatic rings. The molecule has 0 fully saturated rings. The summed E-state index contributed by atoms with van der Waals surface area (Å²) in [6, 6.07) is 8.63. The normalized spacial score (nSPS) is 10.4. The molecule has 0 saturated carbocycles. The summed E-state index contributed by atoms with van der Waals surface area (Å²) < 4.78 is 0. The van der Waals surface area contributed by atoms with Gasteiger partial charge in [0.25, 0.3) is 0 Å². The molecule has 1 nitrogen and oxygen atoms in total. The molecule has 90 valence electrons. The number of halogens is 1. The standard InChI is InChI=1S/C13H20ClNS/c1-2-16-10-9-15-13-7-3-5-12(11-13)6-4-8-14/h3,5,7,11,15H,2,4,6,8-10H2,1H3. The Morgan fingerprint density at radius 1 is 1.38 bits per heavy atom. The van der Waals surface area contributed by atoms with Gasteiger partial charge < -0.3 is 5.32 Å². The molecule has 0 saturated heterocycles. The minimum atomic E-state index is 0.741. The number of aryl methyl sites for hydroxylation is 1. The van der Waals surface area contributed by atoms with Gasteiger partial charge in [0.1, 0.15) is 0 Å². The largest absolute Gasteiger partial charge is 0.384 e. The van der Waals surface area contributed by atoms with Crippen molar-refractivity contribution in [1.29, 1.82) is 0 Å². The maximum absolute atomic E-state index is 5.69. The Bertz CT molecular complexity index is 291. The van der Waals surface area contributed by atoms with Crippen molar-refractivity contribution < 1.29 is 0 Å². The first-order valence-electron chi connectivity index (χ1n) is 5.83. The van der Waals surface area contributed by atoms with Crippen molar-refractivity contribution in [1.82, 2.24) is 0 Å². The minimum absolute atomic E-state index is 0.741. The van der Waals surface area contributed by atoms with Crippen molar-refractivity contribution >= 4 is 29.1 Å². The highest BCUT2D eigenvalue weighted by molar-refractivity contribution is 7.99. The molecule has 0 unspecified atom stereocenters. The van der Waals surface area contributed by atoms with Crippen LogP contribution in [0.3, 0.4) is 0 Å². The summed E-state index contributed by atoms with van der Waals surface area (Å²) in [5.41, 5.74) is 2.59. The second-order valence-corrected chi connectivity index (χ2v) is 5.39. The van der Waals surface area contributed by atoms with Crippen LogP contribution in [0.4, 0.5) is 5.69 Å². The summed E-state index contributed by atoms with van der Waals surface area (Å²) in [6.07, 6.45) is 2.12. The second kappa shape index (κ2) is 8.77. The van der Waals surface area contributed by atoms with Crippen LogP contribution in [0.2, 0.25) is 0 Å². The van der Waals surface area contributed by atoms with E-state index in [0.29, 0.717) is 0 Å². The van der Waals surface area contributed by atoms with Crippen molar-refractivity contribution in [2.24, 2.45) is 0 Å². The Hall–Kier alpha value is -0.340. The number of hydrogen-bond donors (Lipinski definition) is 1. The molecule has 0 atom stereocenters. The van der Waals surface area contributed by atoms with E-state index in [0.717, 1.165) is 25.3 Å². The summed E-state index contributed by atoms with van der Waals surface area (Å²) in [6.45, 7) is 3.23. The number of anilines is 1. The second-order valence-electron chi connectivity index (χ2n) is 3.62. The summed E-state index contributed by atoms with van der Waals surface area (Å²) in [4.78, 5) is 0. The SMILES string of the molecule is CCSCCNc1cccc(CCCCl)c1. The topological polar surface area (TPSA) is 12.0 Å². The van der Waals surface area contributed by atoms with Gasteiger partial charge in [0.2, 0.25) is 0 Å². The lowest BCUT2D eigenvalue weighted by atomic mass is 10.1. The van der Waals surface area contributed by atoms with E-state index >= 15 is 0 Å². The smallest absolute Gasteiger partial charge is 0.0343 e. The third-order valence-electron chi connectivity index (χ3n) is 2.31. The molecule has 1 aromatic rings. The van der Waals surface area contributed by atoms with Crippen molar-refractivity contribution in [3.8, 4) is 0 Å². The monoisotopic (exact) mass is 257 g/mol. The molecule has 1 N–H and O–H groups in total. The maximum Gasteiger partial charge on any atom is 0.0343 e. The molecule has 1 rings (SSSR count). The van der Waals surface area contributed by atoms with E-state index < -0.39 is 0 Å². The summed E-state index contributed by atoms with van der Waals surface area (Å²) >= 11 is 7.66. The van der Waals surface area contributed by atoms with Gasteiger partial charge in [-0.05, 0) is 36.3 Å². The van der Waals surface area contributed by atoms with Crippen LogP contribution in [0.15, 0.2) is 24.3 Å². The highest BCUT2D eigenvalue weighted by atomic mass is 35.5. The van der Waals surface area contributed by atoms with E-state index in [-0.39, 0.29) is 0 Å². The number of thioether (sulfide) groups is 1. The van der Waals surface area contributed by atoms with E-state index in [4.69, 9.17) is 11.6 Å². The predicted octanol–water partition coefficient (Wildman–Crippen LogP) is 4.02. The molecule has 1 aromatic carbocycles. The van der Waals surface area contributed by atoms with E-state index in [1.54, 1.807) is 0 Å². The first-order chi connectivity index (χ1) is 7.86. The Morgan fingerprint density at radius 2 is 2.25 bits per heavy atom. The number of nitrogens with one attached hydrogen (secondary N) is 1. The van der Waals surface area contributed by atoms with Crippen molar-refractivity contribution in [2.45, 2.75) is 19.8 Å². The molecule has 0 spiro atoms. The maximum atomic E-state index is 5.69. The lowest BCUT2D eigenvalue weighted by molar-refractivity contribution is 0.929. The Balaban J connectivity index is 2.35. The van der Waals surface area contributed by atoms with Gasteiger partial charge in [-0.1, -0.05) is 19.1 Å². The Morgan fingerprint density at radius 3 is 3.00 bits per heavy atom. The Labute approximate surface area is 108 Å². The summed E-state index contributed by atoms with van der Waals surface area (Å²) in [5, 5.41) is 3.44. The van der Waals surface area contributed by atoms with Gasteiger partial charge in [-0.15, -0.1) is 11.6 Å². The molecule has 0 amide bonds. The average Bonchev–Trinajstić information content (AvgIpc) is 2.33. The number of hydrogen-bond acceptors (Lipinski definition) is 2. The number of rotatable bonds is 8. The number of alkyl halides is 1. The highest BCUT2D eigenvalue weighted by Crippen LogP contribution is 2.12. The fourth-order valence-electron chi connectivity index (χ4n) is 1.52. The molecule has 3 heteroatoms. The van der Waals surface area contributed by atoms with E-state index in [9.17, 15) is 0 Å². The fourth-order valence-corrected chi connectivity index (χ4v) is 2.19. The predicted molar refractivity (Wildman–Crippen MR) is 77.0 cm³/mol. The van der Waals surface area contributed by atoms with E-state index in [1.165, 1.54) is 22.8 Å². The Kier molecular flexibility index (Phi) is 7.52. The summed E-state index contributed by atoms with van der Waals surface area (Å²) in [5.74, 6) is 3.10. The first-order valence-corrected chi connectivity index (χ1v) is 7.52. The molecular formula is C13H20ClNS. The van der Waals surface area contributed by atoms with Gasteiger partial charge >= 0.3 is 0 Å². The zero-order chi connectivity index (χ0) is 11.6. The molecule has 0 radical (unpaired) electrons. The molecule has 0 heterocycles. The van der Waals surface area contributed by atoms with Crippen LogP contribution in [0.25, 0.3) is 0 Å². The molecular weight excluding hydrogens is 238 g/mol. The van der Waals surface area contributed by atoms with Crippen molar-refractivity contribution in [3.63, 3.8) is 0 Å². The quantitative estimate of drug-likeness (QED) is 0.558. The first kappa shape index (κ1) is 13.7. The third kappa shape index (κ3) is 5.66. The highest BCUT2D eigenvalue weighted by Gasteiger charge is 1.95. The lowest BCUT2D eigenvalue weighted by Gasteiger charge is -2.07. The molecule has 0 aromatic heterocycles. The van der Waals surface area contributed by atoms with Crippen LogP contribution in [-0.2, 0) is 6.42 Å². The van der Waals surface area contributed by atoms with Gasteiger partial charge in [0, 0.05) is 23.9 Å². The summed E-state index contributed by atoms with van der Waals surface area (Å²) in [7, 11) is 0. The van der Waals surface area contributed by atoms with E-state index in [1.807, 2.05) is 11.8 Å². The fraction of sp³-hybridized carbons (Fsp3) is 0.538.